The van der Waals surface area contributed by atoms with Crippen molar-refractivity contribution >= 4 is 24.1 Å². The number of hydrogen-bond acceptors (Lipinski definition) is 2. The second-order valence-corrected chi connectivity index (χ2v) is 3.96. The molecule has 0 spiro atoms. The van der Waals surface area contributed by atoms with E-state index in [2.05, 4.69) is 0 Å². The smallest absolute Gasteiger partial charge is 0.478 e. The summed E-state index contributed by atoms with van der Waals surface area (Å²) < 4.78 is 38.6. The van der Waals surface area contributed by atoms with Crippen LogP contribution < -0.4 is 11.2 Å². The van der Waals surface area contributed by atoms with Crippen molar-refractivity contribution in [2.45, 2.75) is 20.8 Å². The molecule has 3 nitrogen and oxygen atoms in total. The lowest BCUT2D eigenvalue weighted by molar-refractivity contribution is 0.0695. The molecule has 0 bridgehead atoms. The van der Waals surface area contributed by atoms with Crippen molar-refractivity contribution in [1.29, 1.82) is 0 Å². The third-order valence-electron chi connectivity index (χ3n) is 2.91. The number of carboxylic acid groups (broad SMARTS) is 1. The van der Waals surface area contributed by atoms with E-state index in [1.54, 1.807) is 0 Å². The normalized spacial score (nSPS) is 11.6. The van der Waals surface area contributed by atoms with Gasteiger partial charge in [0.2, 0.25) is 0 Å². The van der Waals surface area contributed by atoms with Gasteiger partial charge in [-0.15, -0.1) is 0 Å². The maximum atomic E-state index is 12.9. The minimum atomic E-state index is -5.28. The van der Waals surface area contributed by atoms with Crippen LogP contribution in [0.2, 0.25) is 0 Å². The van der Waals surface area contributed by atoms with Crippen molar-refractivity contribution in [3.8, 4) is 0 Å². The third-order valence-corrected chi connectivity index (χ3v) is 2.91. The fourth-order valence-electron chi connectivity index (χ4n) is 2.07. The van der Waals surface area contributed by atoms with Gasteiger partial charge in [-0.3, -0.25) is 0 Å². The molecule has 3 N–H and O–H groups in total. The van der Waals surface area contributed by atoms with Crippen LogP contribution in [0, 0.1) is 20.8 Å². The first-order chi connectivity index (χ1) is 7.59. The molecule has 0 atom stereocenters. The van der Waals surface area contributed by atoms with E-state index in [1.807, 2.05) is 0 Å². The molecule has 0 heterocycles. The predicted octanol–water partition coefficient (Wildman–Crippen LogP) is 1.95. The Kier molecular flexibility index (Phi) is 3.14. The number of carboxylic acids is 1. The van der Waals surface area contributed by atoms with Crippen molar-refractivity contribution in [3.05, 3.63) is 22.3 Å². The second kappa shape index (κ2) is 3.98. The second-order valence-electron chi connectivity index (χ2n) is 3.96. The molecule has 7 heteroatoms. The Morgan fingerprint density at radius 2 is 1.59 bits per heavy atom. The molecule has 17 heavy (non-hydrogen) atoms. The van der Waals surface area contributed by atoms with Gasteiger partial charge in [-0.25, -0.2) is 4.79 Å². The van der Waals surface area contributed by atoms with E-state index < -0.39 is 18.4 Å². The topological polar surface area (TPSA) is 63.3 Å². The van der Waals surface area contributed by atoms with E-state index in [-0.39, 0.29) is 27.9 Å². The highest BCUT2D eigenvalue weighted by atomic mass is 19.4. The molecule has 1 rings (SSSR count). The molecule has 0 amide bonds. The highest BCUT2D eigenvalue weighted by molar-refractivity contribution is 6.74. The lowest BCUT2D eigenvalue weighted by atomic mass is 9.71. The Labute approximate surface area is 96.5 Å². The Hall–Kier alpha value is -1.66. The number of nitrogens with two attached hydrogens (primary N) is 1. The fraction of sp³-hybridized carbons (Fsp3) is 0.300. The number of aromatic carboxylic acids is 1. The summed E-state index contributed by atoms with van der Waals surface area (Å²) in [5, 5.41) is 8.94. The Balaban J connectivity index is 3.81. The maximum absolute atomic E-state index is 12.9. The van der Waals surface area contributed by atoms with Crippen LogP contribution in [-0.4, -0.2) is 18.1 Å². The Morgan fingerprint density at radius 3 is 1.94 bits per heavy atom. The summed E-state index contributed by atoms with van der Waals surface area (Å²) in [7, 11) is 0. The largest absolute Gasteiger partial charge is 0.510 e. The number of halogens is 3. The van der Waals surface area contributed by atoms with Crippen LogP contribution in [0.25, 0.3) is 0 Å². The van der Waals surface area contributed by atoms with Gasteiger partial charge >= 0.3 is 12.9 Å². The average molecular weight is 246 g/mol. The summed E-state index contributed by atoms with van der Waals surface area (Å²) in [5.74, 6) is -1.40. The van der Waals surface area contributed by atoms with Gasteiger partial charge in [0.25, 0.3) is 0 Å². The van der Waals surface area contributed by atoms with Crippen molar-refractivity contribution in [2.75, 3.05) is 5.73 Å². The fourth-order valence-corrected chi connectivity index (χ4v) is 2.07. The first kappa shape index (κ1) is 13.4. The molecule has 1 aromatic carbocycles. The van der Waals surface area contributed by atoms with Gasteiger partial charge < -0.3 is 23.8 Å². The highest BCUT2D eigenvalue weighted by Gasteiger charge is 2.33. The van der Waals surface area contributed by atoms with E-state index in [0.717, 1.165) is 6.92 Å². The number of hydrogen-bond donors (Lipinski definition) is 2. The maximum Gasteiger partial charge on any atom is 0.510 e. The SMILES string of the molecule is Cc1c(N)c(C)c([B-](F)(F)F)c(C)c1C(=O)O. The van der Waals surface area contributed by atoms with Gasteiger partial charge in [-0.05, 0) is 26.3 Å². The molecule has 1 aromatic rings. The van der Waals surface area contributed by atoms with Crippen LogP contribution in [0.4, 0.5) is 18.6 Å². The Morgan fingerprint density at radius 1 is 1.12 bits per heavy atom. The van der Waals surface area contributed by atoms with Gasteiger partial charge in [0.05, 0.1) is 5.56 Å². The molecule has 0 aliphatic rings. The van der Waals surface area contributed by atoms with Crippen molar-refractivity contribution in [1.82, 2.24) is 0 Å². The van der Waals surface area contributed by atoms with E-state index in [9.17, 15) is 17.7 Å². The molecule has 0 unspecified atom stereocenters. The average Bonchev–Trinajstić information content (AvgIpc) is 2.11. The summed E-state index contributed by atoms with van der Waals surface area (Å²) in [4.78, 5) is 11.0. The highest BCUT2D eigenvalue weighted by Crippen LogP contribution is 2.26. The minimum absolute atomic E-state index is 0.0995. The predicted molar refractivity (Wildman–Crippen MR) is 60.7 cm³/mol. The van der Waals surface area contributed by atoms with E-state index in [4.69, 9.17) is 10.8 Å². The molecule has 0 saturated heterocycles. The summed E-state index contributed by atoms with van der Waals surface area (Å²) >= 11 is 0. The molecule has 94 valence electrons. The summed E-state index contributed by atoms with van der Waals surface area (Å²) in [6.07, 6.45) is 0. The van der Waals surface area contributed by atoms with Gasteiger partial charge in [-0.1, -0.05) is 16.6 Å². The third kappa shape index (κ3) is 2.09. The zero-order valence-electron chi connectivity index (χ0n) is 9.64. The number of benzene rings is 1. The lowest BCUT2D eigenvalue weighted by Gasteiger charge is -2.25. The van der Waals surface area contributed by atoms with Crippen LogP contribution in [0.5, 0.6) is 0 Å². The quantitative estimate of drug-likeness (QED) is 0.619. The number of rotatable bonds is 2. The molecular formula is C10H12BF3NO2-. The van der Waals surface area contributed by atoms with Gasteiger partial charge in [0.15, 0.2) is 0 Å². The molecular weight excluding hydrogens is 234 g/mol. The van der Waals surface area contributed by atoms with Crippen LogP contribution in [0.3, 0.4) is 0 Å². The van der Waals surface area contributed by atoms with E-state index in [1.165, 1.54) is 13.8 Å². The number of nitrogen functional groups attached to an aromatic ring is 1. The van der Waals surface area contributed by atoms with Gasteiger partial charge in [0, 0.05) is 5.69 Å². The molecule has 0 fully saturated rings. The van der Waals surface area contributed by atoms with Crippen molar-refractivity contribution in [3.63, 3.8) is 0 Å². The van der Waals surface area contributed by atoms with Gasteiger partial charge in [-0.2, -0.15) is 0 Å². The van der Waals surface area contributed by atoms with Crippen molar-refractivity contribution in [2.24, 2.45) is 0 Å². The lowest BCUT2D eigenvalue weighted by Crippen LogP contribution is -2.40. The van der Waals surface area contributed by atoms with Crippen LogP contribution >= 0.6 is 0 Å². The summed E-state index contributed by atoms with van der Waals surface area (Å²) in [5.41, 5.74) is 3.98. The molecule has 0 aromatic heterocycles. The minimum Gasteiger partial charge on any atom is -0.478 e. The molecule has 0 radical (unpaired) electrons. The van der Waals surface area contributed by atoms with Crippen molar-refractivity contribution < 1.29 is 22.8 Å². The van der Waals surface area contributed by atoms with Crippen LogP contribution in [0.15, 0.2) is 0 Å². The van der Waals surface area contributed by atoms with E-state index >= 15 is 0 Å². The zero-order chi connectivity index (χ0) is 13.5. The molecule has 0 saturated carbocycles. The van der Waals surface area contributed by atoms with E-state index in [0.29, 0.717) is 0 Å². The van der Waals surface area contributed by atoms with Crippen LogP contribution in [-0.2, 0) is 0 Å². The molecule has 0 aliphatic carbocycles. The van der Waals surface area contributed by atoms with Crippen LogP contribution in [0.1, 0.15) is 27.0 Å². The number of carbonyl (C=O) groups is 1. The molecule has 0 aliphatic heterocycles. The first-order valence-corrected chi connectivity index (χ1v) is 4.91. The monoisotopic (exact) mass is 246 g/mol. The number of anilines is 1. The summed E-state index contributed by atoms with van der Waals surface area (Å²) in [6, 6.07) is 0. The first-order valence-electron chi connectivity index (χ1n) is 4.91. The van der Waals surface area contributed by atoms with Gasteiger partial charge in [0.1, 0.15) is 0 Å². The summed E-state index contributed by atoms with van der Waals surface area (Å²) in [6.45, 7) is -1.46. The standard InChI is InChI=1S/C10H12BF3NO2/c1-4-7(10(16)17)5(2)9(15)6(3)8(4)11(12,13)14/h15H2,1-3H3,(H,16,17)/q-1. The Bertz CT molecular complexity index is 498. The zero-order valence-corrected chi connectivity index (χ0v) is 9.64.